The van der Waals surface area contributed by atoms with Crippen LogP contribution in [0.1, 0.15) is 17.0 Å². The Kier molecular flexibility index (Phi) is 3.97. The van der Waals surface area contributed by atoms with Crippen LogP contribution in [0.25, 0.3) is 0 Å². The van der Waals surface area contributed by atoms with Gasteiger partial charge in [-0.05, 0) is 48.0 Å². The van der Waals surface area contributed by atoms with Gasteiger partial charge in [-0.25, -0.2) is 0 Å². The second-order valence-corrected chi connectivity index (χ2v) is 5.54. The minimum atomic E-state index is 0.723. The van der Waals surface area contributed by atoms with E-state index in [1.54, 1.807) is 0 Å². The second-order valence-electron chi connectivity index (χ2n) is 4.25. The summed E-state index contributed by atoms with van der Waals surface area (Å²) < 4.78 is 2.91. The van der Waals surface area contributed by atoms with E-state index in [1.807, 2.05) is 36.9 Å². The van der Waals surface area contributed by atoms with Crippen LogP contribution in [0.3, 0.4) is 0 Å². The molecule has 0 fully saturated rings. The van der Waals surface area contributed by atoms with Crippen molar-refractivity contribution in [2.45, 2.75) is 20.4 Å². The minimum Gasteiger partial charge on any atom is -0.380 e. The lowest BCUT2D eigenvalue weighted by atomic mass is 10.2. The van der Waals surface area contributed by atoms with E-state index in [9.17, 15) is 0 Å². The number of hydrogen-bond acceptors (Lipinski definition) is 2. The first-order valence-electron chi connectivity index (χ1n) is 5.67. The Morgan fingerprint density at radius 2 is 2.11 bits per heavy atom. The highest BCUT2D eigenvalue weighted by molar-refractivity contribution is 9.10. The molecule has 96 valence electrons. The fourth-order valence-electron chi connectivity index (χ4n) is 1.89. The maximum Gasteiger partial charge on any atom is 0.0646 e. The Balaban J connectivity index is 2.19. The summed E-state index contributed by atoms with van der Waals surface area (Å²) in [4.78, 5) is 0. The molecule has 0 aliphatic rings. The Morgan fingerprint density at radius 1 is 1.39 bits per heavy atom. The van der Waals surface area contributed by atoms with E-state index in [1.165, 1.54) is 11.3 Å². The summed E-state index contributed by atoms with van der Waals surface area (Å²) in [6, 6.07) is 5.71. The van der Waals surface area contributed by atoms with Gasteiger partial charge in [-0.15, -0.1) is 0 Å². The van der Waals surface area contributed by atoms with Crippen molar-refractivity contribution in [1.82, 2.24) is 9.78 Å². The van der Waals surface area contributed by atoms with Gasteiger partial charge < -0.3 is 5.32 Å². The van der Waals surface area contributed by atoms with E-state index in [4.69, 9.17) is 11.6 Å². The Bertz CT molecular complexity index is 578. The van der Waals surface area contributed by atoms with E-state index in [2.05, 4.69) is 33.3 Å². The molecule has 0 spiro atoms. The van der Waals surface area contributed by atoms with Gasteiger partial charge in [0.1, 0.15) is 0 Å². The summed E-state index contributed by atoms with van der Waals surface area (Å²) in [5.41, 5.74) is 4.45. The van der Waals surface area contributed by atoms with Crippen molar-refractivity contribution < 1.29 is 0 Å². The molecule has 0 radical (unpaired) electrons. The third-order valence-corrected chi connectivity index (χ3v) is 3.97. The van der Waals surface area contributed by atoms with Crippen molar-refractivity contribution in [3.63, 3.8) is 0 Å². The number of rotatable bonds is 3. The zero-order valence-electron chi connectivity index (χ0n) is 10.6. The molecular weight excluding hydrogens is 314 g/mol. The first-order valence-corrected chi connectivity index (χ1v) is 6.84. The van der Waals surface area contributed by atoms with Crippen molar-refractivity contribution in [3.8, 4) is 0 Å². The molecular formula is C13H15BrClN3. The molecule has 18 heavy (non-hydrogen) atoms. The van der Waals surface area contributed by atoms with Gasteiger partial charge in [-0.3, -0.25) is 4.68 Å². The zero-order chi connectivity index (χ0) is 13.3. The predicted molar refractivity (Wildman–Crippen MR) is 79.2 cm³/mol. The number of anilines is 1. The minimum absolute atomic E-state index is 0.723. The molecule has 2 aromatic rings. The highest BCUT2D eigenvalue weighted by atomic mass is 79.9. The lowest BCUT2D eigenvalue weighted by Crippen LogP contribution is -2.02. The standard InChI is InChI=1S/C13H15BrClN3/c1-8-11(9(2)18(3)17-8)7-16-13-6-10(15)4-5-12(13)14/h4-6,16H,7H2,1-3H3. The number of nitrogens with one attached hydrogen (secondary N) is 1. The lowest BCUT2D eigenvalue weighted by molar-refractivity contribution is 0.730. The number of hydrogen-bond donors (Lipinski definition) is 1. The Morgan fingerprint density at radius 3 is 2.72 bits per heavy atom. The summed E-state index contributed by atoms with van der Waals surface area (Å²) in [5, 5.41) is 8.50. The SMILES string of the molecule is Cc1nn(C)c(C)c1CNc1cc(Cl)ccc1Br. The van der Waals surface area contributed by atoms with Crippen LogP contribution >= 0.6 is 27.5 Å². The van der Waals surface area contributed by atoms with Crippen molar-refractivity contribution in [2.75, 3.05) is 5.32 Å². The zero-order valence-corrected chi connectivity index (χ0v) is 12.9. The molecule has 0 saturated heterocycles. The lowest BCUT2D eigenvalue weighted by Gasteiger charge is -2.09. The molecule has 0 aliphatic heterocycles. The van der Waals surface area contributed by atoms with Crippen LogP contribution in [0, 0.1) is 13.8 Å². The summed E-state index contributed by atoms with van der Waals surface area (Å²) >= 11 is 9.49. The molecule has 0 amide bonds. The maximum atomic E-state index is 5.99. The van der Waals surface area contributed by atoms with Crippen molar-refractivity contribution >= 4 is 33.2 Å². The predicted octanol–water partition coefficient (Wildman–Crippen LogP) is 4.06. The monoisotopic (exact) mass is 327 g/mol. The van der Waals surface area contributed by atoms with Gasteiger partial charge >= 0.3 is 0 Å². The van der Waals surface area contributed by atoms with E-state index in [0.717, 1.165) is 27.4 Å². The van der Waals surface area contributed by atoms with E-state index in [-0.39, 0.29) is 0 Å². The number of aromatic nitrogens is 2. The maximum absolute atomic E-state index is 5.99. The molecule has 1 heterocycles. The largest absolute Gasteiger partial charge is 0.380 e. The molecule has 3 nitrogen and oxygen atoms in total. The normalized spacial score (nSPS) is 10.7. The van der Waals surface area contributed by atoms with Gasteiger partial charge in [0, 0.05) is 34.3 Å². The quantitative estimate of drug-likeness (QED) is 0.920. The molecule has 1 N–H and O–H groups in total. The van der Waals surface area contributed by atoms with Crippen LogP contribution in [0.4, 0.5) is 5.69 Å². The van der Waals surface area contributed by atoms with Crippen LogP contribution in [0.15, 0.2) is 22.7 Å². The van der Waals surface area contributed by atoms with E-state index in [0.29, 0.717) is 0 Å². The number of nitrogens with zero attached hydrogens (tertiary/aromatic N) is 2. The van der Waals surface area contributed by atoms with Crippen LogP contribution in [-0.2, 0) is 13.6 Å². The molecule has 5 heteroatoms. The summed E-state index contributed by atoms with van der Waals surface area (Å²) in [7, 11) is 1.96. The highest BCUT2D eigenvalue weighted by Crippen LogP contribution is 2.26. The third-order valence-electron chi connectivity index (χ3n) is 3.04. The van der Waals surface area contributed by atoms with Crippen molar-refractivity contribution in [3.05, 3.63) is 44.6 Å². The van der Waals surface area contributed by atoms with Crippen LogP contribution in [-0.4, -0.2) is 9.78 Å². The van der Waals surface area contributed by atoms with Crippen molar-refractivity contribution in [2.24, 2.45) is 7.05 Å². The molecule has 1 aromatic carbocycles. The van der Waals surface area contributed by atoms with Crippen LogP contribution in [0.5, 0.6) is 0 Å². The number of aryl methyl sites for hydroxylation is 2. The van der Waals surface area contributed by atoms with Gasteiger partial charge in [0.15, 0.2) is 0 Å². The molecule has 0 unspecified atom stereocenters. The van der Waals surface area contributed by atoms with Gasteiger partial charge in [0.25, 0.3) is 0 Å². The molecule has 1 aromatic heterocycles. The molecule has 0 bridgehead atoms. The average molecular weight is 329 g/mol. The molecule has 2 rings (SSSR count). The first kappa shape index (κ1) is 13.4. The fourth-order valence-corrected chi connectivity index (χ4v) is 2.45. The van der Waals surface area contributed by atoms with Gasteiger partial charge in [-0.1, -0.05) is 11.6 Å². The Hall–Kier alpha value is -1.000. The smallest absolute Gasteiger partial charge is 0.0646 e. The number of halogens is 2. The highest BCUT2D eigenvalue weighted by Gasteiger charge is 2.09. The molecule has 0 atom stereocenters. The fraction of sp³-hybridized carbons (Fsp3) is 0.308. The van der Waals surface area contributed by atoms with Gasteiger partial charge in [0.2, 0.25) is 0 Å². The topological polar surface area (TPSA) is 29.9 Å². The van der Waals surface area contributed by atoms with Crippen molar-refractivity contribution in [1.29, 1.82) is 0 Å². The van der Waals surface area contributed by atoms with E-state index < -0.39 is 0 Å². The third kappa shape index (κ3) is 2.70. The van der Waals surface area contributed by atoms with Crippen LogP contribution in [0.2, 0.25) is 5.02 Å². The molecule has 0 aliphatic carbocycles. The molecule has 0 saturated carbocycles. The average Bonchev–Trinajstić information content (AvgIpc) is 2.55. The first-order chi connectivity index (χ1) is 8.49. The second kappa shape index (κ2) is 5.33. The summed E-state index contributed by atoms with van der Waals surface area (Å²) in [5.74, 6) is 0. The van der Waals surface area contributed by atoms with E-state index >= 15 is 0 Å². The summed E-state index contributed by atoms with van der Waals surface area (Å²) in [6.07, 6.45) is 0. The van der Waals surface area contributed by atoms with Crippen LogP contribution < -0.4 is 5.32 Å². The number of benzene rings is 1. The Labute approximate surface area is 120 Å². The van der Waals surface area contributed by atoms with Gasteiger partial charge in [0.05, 0.1) is 11.4 Å². The van der Waals surface area contributed by atoms with Gasteiger partial charge in [-0.2, -0.15) is 5.10 Å². The summed E-state index contributed by atoms with van der Waals surface area (Å²) in [6.45, 7) is 4.84.